The third kappa shape index (κ3) is 3.87. The molecule has 2 heterocycles. The van der Waals surface area contributed by atoms with E-state index in [0.29, 0.717) is 6.42 Å². The zero-order chi connectivity index (χ0) is 17.2. The fourth-order valence-electron chi connectivity index (χ4n) is 3.37. The first-order valence-corrected chi connectivity index (χ1v) is 10.2. The van der Waals surface area contributed by atoms with E-state index in [1.165, 1.54) is 5.69 Å². The summed E-state index contributed by atoms with van der Waals surface area (Å²) >= 11 is 0. The van der Waals surface area contributed by atoms with Gasteiger partial charge in [0.25, 0.3) is 0 Å². The van der Waals surface area contributed by atoms with Crippen LogP contribution in [0.15, 0.2) is 30.3 Å². The molecule has 0 unspecified atom stereocenters. The summed E-state index contributed by atoms with van der Waals surface area (Å²) in [6.07, 6.45) is 2.31. The summed E-state index contributed by atoms with van der Waals surface area (Å²) in [6, 6.07) is 10.4. The third-order valence-corrected chi connectivity index (χ3v) is 6.12. The van der Waals surface area contributed by atoms with Gasteiger partial charge in [-0.2, -0.15) is 0 Å². The van der Waals surface area contributed by atoms with Crippen LogP contribution in [0.4, 0.5) is 5.69 Å². The van der Waals surface area contributed by atoms with Gasteiger partial charge in [-0.05, 0) is 38.3 Å². The highest BCUT2D eigenvalue weighted by Crippen LogP contribution is 2.29. The normalized spacial score (nSPS) is 16.7. The van der Waals surface area contributed by atoms with E-state index >= 15 is 0 Å². The molecule has 1 saturated heterocycles. The Morgan fingerprint density at radius 1 is 1.25 bits per heavy atom. The molecule has 6 heteroatoms. The third-order valence-electron chi connectivity index (χ3n) is 4.48. The maximum atomic E-state index is 11.9. The molecule has 0 saturated carbocycles. The summed E-state index contributed by atoms with van der Waals surface area (Å²) < 4.78 is 26.7. The minimum atomic E-state index is -3.13. The van der Waals surface area contributed by atoms with E-state index in [2.05, 4.69) is 26.7 Å². The molecule has 1 aromatic carbocycles. The summed E-state index contributed by atoms with van der Waals surface area (Å²) in [4.78, 5) is 6.95. The summed E-state index contributed by atoms with van der Waals surface area (Å²) in [5.74, 6) is 0.210. The summed E-state index contributed by atoms with van der Waals surface area (Å²) in [5.41, 5.74) is 3.22. The number of piperidine rings is 1. The van der Waals surface area contributed by atoms with Gasteiger partial charge in [-0.25, -0.2) is 13.1 Å². The number of aryl methyl sites for hydroxylation is 1. The number of sulfonamides is 1. The molecule has 1 aliphatic rings. The average molecular weight is 347 g/mol. The quantitative estimate of drug-likeness (QED) is 0.903. The van der Waals surface area contributed by atoms with Crippen molar-refractivity contribution in [3.63, 3.8) is 0 Å². The zero-order valence-electron chi connectivity index (χ0n) is 14.3. The average Bonchev–Trinajstić information content (AvgIpc) is 2.54. The Morgan fingerprint density at radius 3 is 2.67 bits per heavy atom. The fraction of sp³-hybridized carbons (Fsp3) is 0.500. The zero-order valence-corrected chi connectivity index (χ0v) is 15.1. The molecule has 2 aromatic rings. The number of para-hydroxylation sites is 1. The van der Waals surface area contributed by atoms with E-state index in [1.54, 1.807) is 0 Å². The predicted molar refractivity (Wildman–Crippen MR) is 98.9 cm³/mol. The number of aromatic nitrogens is 1. The van der Waals surface area contributed by atoms with Crippen LogP contribution in [0.25, 0.3) is 10.9 Å². The lowest BCUT2D eigenvalue weighted by atomic mass is 10.0. The van der Waals surface area contributed by atoms with Crippen molar-refractivity contribution in [2.24, 2.45) is 0 Å². The molecular weight excluding hydrogens is 322 g/mol. The Labute approximate surface area is 144 Å². The molecule has 24 heavy (non-hydrogen) atoms. The van der Waals surface area contributed by atoms with Crippen LogP contribution in [0, 0.1) is 6.92 Å². The summed E-state index contributed by atoms with van der Waals surface area (Å²) in [5, 5.41) is 1.16. The van der Waals surface area contributed by atoms with Crippen LogP contribution >= 0.6 is 0 Å². The Balaban J connectivity index is 1.74. The second-order valence-electron chi connectivity index (χ2n) is 6.50. The second-order valence-corrected chi connectivity index (χ2v) is 8.37. The van der Waals surface area contributed by atoms with Crippen LogP contribution in [-0.2, 0) is 10.0 Å². The molecule has 0 bridgehead atoms. The van der Waals surface area contributed by atoms with E-state index in [4.69, 9.17) is 0 Å². The molecule has 0 amide bonds. The van der Waals surface area contributed by atoms with Crippen molar-refractivity contribution in [1.29, 1.82) is 0 Å². The Bertz CT molecular complexity index is 812. The van der Waals surface area contributed by atoms with Gasteiger partial charge in [0, 0.05) is 35.9 Å². The molecule has 130 valence electrons. The monoisotopic (exact) mass is 347 g/mol. The van der Waals surface area contributed by atoms with Crippen molar-refractivity contribution >= 4 is 26.6 Å². The maximum Gasteiger partial charge on any atom is 0.211 e. The molecular formula is C18H25N3O2S. The molecule has 1 aromatic heterocycles. The molecule has 0 aliphatic carbocycles. The topological polar surface area (TPSA) is 62.3 Å². The first-order chi connectivity index (χ1) is 11.5. The summed E-state index contributed by atoms with van der Waals surface area (Å²) in [6.45, 7) is 5.61. The number of hydrogen-bond donors (Lipinski definition) is 1. The highest BCUT2D eigenvalue weighted by Gasteiger charge is 2.24. The number of nitrogens with one attached hydrogen (secondary N) is 1. The largest absolute Gasteiger partial charge is 0.371 e. The Morgan fingerprint density at radius 2 is 1.96 bits per heavy atom. The van der Waals surface area contributed by atoms with Crippen LogP contribution in [0.3, 0.4) is 0 Å². The minimum Gasteiger partial charge on any atom is -0.371 e. The SMILES string of the molecule is CCCS(=O)(=O)NC1CCN(c2cc(C)nc3ccccc23)CC1. The van der Waals surface area contributed by atoms with Crippen molar-refractivity contribution < 1.29 is 8.42 Å². The van der Waals surface area contributed by atoms with Crippen molar-refractivity contribution in [3.8, 4) is 0 Å². The lowest BCUT2D eigenvalue weighted by Crippen LogP contribution is -2.45. The highest BCUT2D eigenvalue weighted by molar-refractivity contribution is 7.89. The number of nitrogens with zero attached hydrogens (tertiary/aromatic N) is 2. The number of anilines is 1. The minimum absolute atomic E-state index is 0.0481. The number of hydrogen-bond acceptors (Lipinski definition) is 4. The highest BCUT2D eigenvalue weighted by atomic mass is 32.2. The van der Waals surface area contributed by atoms with Crippen LogP contribution in [0.2, 0.25) is 0 Å². The molecule has 1 aliphatic heterocycles. The number of benzene rings is 1. The van der Waals surface area contributed by atoms with Gasteiger partial charge in [-0.15, -0.1) is 0 Å². The fourth-order valence-corrected chi connectivity index (χ4v) is 4.77. The van der Waals surface area contributed by atoms with Gasteiger partial charge in [-0.1, -0.05) is 25.1 Å². The van der Waals surface area contributed by atoms with E-state index in [0.717, 1.165) is 42.5 Å². The van der Waals surface area contributed by atoms with Gasteiger partial charge in [0.15, 0.2) is 0 Å². The van der Waals surface area contributed by atoms with Crippen molar-refractivity contribution in [3.05, 3.63) is 36.0 Å². The Hall–Kier alpha value is -1.66. The van der Waals surface area contributed by atoms with Crippen LogP contribution in [-0.4, -0.2) is 38.3 Å². The van der Waals surface area contributed by atoms with Crippen LogP contribution < -0.4 is 9.62 Å². The predicted octanol–water partition coefficient (Wildman–Crippen LogP) is 2.84. The first-order valence-electron chi connectivity index (χ1n) is 8.60. The van der Waals surface area contributed by atoms with Crippen molar-refractivity contribution in [2.75, 3.05) is 23.7 Å². The molecule has 1 N–H and O–H groups in total. The van der Waals surface area contributed by atoms with Crippen LogP contribution in [0.1, 0.15) is 31.9 Å². The van der Waals surface area contributed by atoms with E-state index in [-0.39, 0.29) is 11.8 Å². The van der Waals surface area contributed by atoms with Gasteiger partial charge in [0.2, 0.25) is 10.0 Å². The van der Waals surface area contributed by atoms with Gasteiger partial charge < -0.3 is 4.90 Å². The summed E-state index contributed by atoms with van der Waals surface area (Å²) in [7, 11) is -3.13. The standard InChI is InChI=1S/C18H25N3O2S/c1-3-12-24(22,23)20-15-8-10-21(11-9-15)18-13-14(2)19-17-7-5-4-6-16(17)18/h4-7,13,15,20H,3,8-12H2,1-2H3. The van der Waals surface area contributed by atoms with Crippen molar-refractivity contribution in [2.45, 2.75) is 39.2 Å². The molecule has 1 fully saturated rings. The number of fused-ring (bicyclic) bond motifs is 1. The van der Waals surface area contributed by atoms with Gasteiger partial charge in [0.05, 0.1) is 11.3 Å². The lowest BCUT2D eigenvalue weighted by molar-refractivity contribution is 0.460. The van der Waals surface area contributed by atoms with Crippen molar-refractivity contribution in [1.82, 2.24) is 9.71 Å². The number of pyridine rings is 1. The molecule has 3 rings (SSSR count). The van der Waals surface area contributed by atoms with E-state index in [9.17, 15) is 8.42 Å². The molecule has 0 spiro atoms. The molecule has 0 atom stereocenters. The van der Waals surface area contributed by atoms with Gasteiger partial charge in [0.1, 0.15) is 0 Å². The van der Waals surface area contributed by atoms with E-state index in [1.807, 2.05) is 32.0 Å². The maximum absolute atomic E-state index is 11.9. The number of rotatable bonds is 5. The van der Waals surface area contributed by atoms with E-state index < -0.39 is 10.0 Å². The first kappa shape index (κ1) is 17.2. The Kier molecular flexibility index (Phi) is 5.06. The van der Waals surface area contributed by atoms with Gasteiger partial charge in [-0.3, -0.25) is 4.98 Å². The molecule has 5 nitrogen and oxygen atoms in total. The lowest BCUT2D eigenvalue weighted by Gasteiger charge is -2.34. The molecule has 0 radical (unpaired) electrons. The van der Waals surface area contributed by atoms with Gasteiger partial charge >= 0.3 is 0 Å². The van der Waals surface area contributed by atoms with Crippen LogP contribution in [0.5, 0.6) is 0 Å². The second kappa shape index (κ2) is 7.07. The smallest absolute Gasteiger partial charge is 0.211 e.